The molecule has 0 aliphatic rings. The van der Waals surface area contributed by atoms with Crippen molar-refractivity contribution in [2.45, 2.75) is 26.7 Å². The largest absolute Gasteiger partial charge is 0.493 e. The van der Waals surface area contributed by atoms with Crippen LogP contribution in [0.4, 0.5) is 0 Å². The molecule has 0 N–H and O–H groups in total. The van der Waals surface area contributed by atoms with Crippen molar-refractivity contribution in [3.63, 3.8) is 0 Å². The van der Waals surface area contributed by atoms with Crippen LogP contribution >= 0.6 is 28.6 Å². The van der Waals surface area contributed by atoms with E-state index in [0.29, 0.717) is 0 Å². The number of rotatable bonds is 6. The maximum atomic E-state index is 5.85. The summed E-state index contributed by atoms with van der Waals surface area (Å²) in [6.07, 6.45) is 2.20. The van der Waals surface area contributed by atoms with Crippen molar-refractivity contribution in [2.24, 2.45) is 5.41 Å². The summed E-state index contributed by atoms with van der Waals surface area (Å²) < 4.78 is 6.90. The lowest BCUT2D eigenvalue weighted by atomic mass is 9.85. The molecule has 1 nitrogen and oxygen atoms in total. The quantitative estimate of drug-likeness (QED) is 0.758. The maximum absolute atomic E-state index is 5.85. The van der Waals surface area contributed by atoms with E-state index in [9.17, 15) is 0 Å². The molecule has 0 aromatic heterocycles. The normalized spacial score (nSPS) is 11.5. The molecule has 0 fully saturated rings. The van der Waals surface area contributed by atoms with Crippen LogP contribution in [-0.4, -0.2) is 12.4 Å². The van der Waals surface area contributed by atoms with Gasteiger partial charge in [-0.1, -0.05) is 35.8 Å². The van der Waals surface area contributed by atoms with Gasteiger partial charge >= 0.3 is 0 Å². The molecular weight excluding hydrogens is 284 g/mol. The summed E-state index contributed by atoms with van der Waals surface area (Å²) in [5.74, 6) is 1.79. The second-order valence-corrected chi connectivity index (χ2v) is 5.34. The molecule has 0 heterocycles. The van der Waals surface area contributed by atoms with Gasteiger partial charge in [0.15, 0.2) is 0 Å². The first-order valence-electron chi connectivity index (χ1n) is 5.65. The SMILES string of the molecule is CCC(CC)(CS)COc1cccc(Br)c1. The summed E-state index contributed by atoms with van der Waals surface area (Å²) in [5, 5.41) is 0. The van der Waals surface area contributed by atoms with Crippen LogP contribution in [0.5, 0.6) is 5.75 Å². The van der Waals surface area contributed by atoms with E-state index in [0.717, 1.165) is 35.4 Å². The smallest absolute Gasteiger partial charge is 0.120 e. The van der Waals surface area contributed by atoms with Gasteiger partial charge in [-0.05, 0) is 36.8 Å². The van der Waals surface area contributed by atoms with Gasteiger partial charge in [0.1, 0.15) is 5.75 Å². The number of hydrogen-bond donors (Lipinski definition) is 1. The summed E-state index contributed by atoms with van der Waals surface area (Å²) in [6.45, 7) is 5.13. The molecule has 1 rings (SSSR count). The van der Waals surface area contributed by atoms with Gasteiger partial charge < -0.3 is 4.74 Å². The molecule has 0 saturated heterocycles. The highest BCUT2D eigenvalue weighted by Crippen LogP contribution is 2.29. The number of thiol groups is 1. The summed E-state index contributed by atoms with van der Waals surface area (Å²) in [7, 11) is 0. The van der Waals surface area contributed by atoms with Gasteiger partial charge in [-0.15, -0.1) is 0 Å². The van der Waals surface area contributed by atoms with Crippen molar-refractivity contribution in [1.29, 1.82) is 0 Å². The zero-order valence-electron chi connectivity index (χ0n) is 9.87. The predicted octanol–water partition coefficient (Wildman–Crippen LogP) is 4.56. The van der Waals surface area contributed by atoms with E-state index < -0.39 is 0 Å². The Balaban J connectivity index is 2.62. The van der Waals surface area contributed by atoms with Gasteiger partial charge in [0, 0.05) is 9.89 Å². The van der Waals surface area contributed by atoms with Crippen LogP contribution in [0.1, 0.15) is 26.7 Å². The third kappa shape index (κ3) is 3.70. The van der Waals surface area contributed by atoms with Crippen molar-refractivity contribution in [1.82, 2.24) is 0 Å². The Labute approximate surface area is 112 Å². The third-order valence-corrected chi connectivity index (χ3v) is 4.34. The van der Waals surface area contributed by atoms with Gasteiger partial charge in [-0.3, -0.25) is 0 Å². The molecule has 0 spiro atoms. The minimum absolute atomic E-state index is 0.200. The molecule has 90 valence electrons. The van der Waals surface area contributed by atoms with Crippen molar-refractivity contribution in [3.8, 4) is 5.75 Å². The Morgan fingerprint density at radius 1 is 1.31 bits per heavy atom. The van der Waals surface area contributed by atoms with Crippen molar-refractivity contribution in [3.05, 3.63) is 28.7 Å². The highest BCUT2D eigenvalue weighted by molar-refractivity contribution is 9.10. The molecule has 0 aliphatic heterocycles. The van der Waals surface area contributed by atoms with Crippen molar-refractivity contribution >= 4 is 28.6 Å². The van der Waals surface area contributed by atoms with Crippen LogP contribution < -0.4 is 4.74 Å². The third-order valence-electron chi connectivity index (χ3n) is 3.18. The fourth-order valence-corrected chi connectivity index (χ4v) is 2.43. The van der Waals surface area contributed by atoms with Crippen LogP contribution in [-0.2, 0) is 0 Å². The molecule has 16 heavy (non-hydrogen) atoms. The molecule has 0 unspecified atom stereocenters. The van der Waals surface area contributed by atoms with E-state index >= 15 is 0 Å². The van der Waals surface area contributed by atoms with Crippen LogP contribution in [0.3, 0.4) is 0 Å². The average molecular weight is 303 g/mol. The highest BCUT2D eigenvalue weighted by Gasteiger charge is 2.25. The molecule has 3 heteroatoms. The van der Waals surface area contributed by atoms with Crippen LogP contribution in [0.25, 0.3) is 0 Å². The van der Waals surface area contributed by atoms with Gasteiger partial charge in [-0.2, -0.15) is 12.6 Å². The van der Waals surface area contributed by atoms with E-state index in [1.165, 1.54) is 0 Å². The van der Waals surface area contributed by atoms with Gasteiger partial charge in [0.05, 0.1) is 6.61 Å². The number of halogens is 1. The lowest BCUT2D eigenvalue weighted by molar-refractivity contribution is 0.157. The Morgan fingerprint density at radius 2 is 2.00 bits per heavy atom. The zero-order valence-corrected chi connectivity index (χ0v) is 12.4. The lowest BCUT2D eigenvalue weighted by Gasteiger charge is -2.29. The van der Waals surface area contributed by atoms with Crippen molar-refractivity contribution in [2.75, 3.05) is 12.4 Å². The van der Waals surface area contributed by atoms with E-state index in [1.807, 2.05) is 24.3 Å². The van der Waals surface area contributed by atoms with Gasteiger partial charge in [-0.25, -0.2) is 0 Å². The Bertz CT molecular complexity index is 315. The molecular formula is C13H19BrOS. The molecule has 0 aliphatic carbocycles. The van der Waals surface area contributed by atoms with Gasteiger partial charge in [0.2, 0.25) is 0 Å². The van der Waals surface area contributed by atoms with E-state index in [2.05, 4.69) is 42.4 Å². The monoisotopic (exact) mass is 302 g/mol. The van der Waals surface area contributed by atoms with E-state index in [4.69, 9.17) is 4.74 Å². The maximum Gasteiger partial charge on any atom is 0.120 e. The standard InChI is InChI=1S/C13H19BrOS/c1-3-13(4-2,10-16)9-15-12-7-5-6-11(14)8-12/h5-8,16H,3-4,9-10H2,1-2H3. The van der Waals surface area contributed by atoms with Crippen LogP contribution in [0, 0.1) is 5.41 Å². The van der Waals surface area contributed by atoms with Crippen LogP contribution in [0.2, 0.25) is 0 Å². The first-order valence-corrected chi connectivity index (χ1v) is 7.07. The predicted molar refractivity (Wildman–Crippen MR) is 76.5 cm³/mol. The molecule has 0 radical (unpaired) electrons. The molecule has 1 aromatic carbocycles. The van der Waals surface area contributed by atoms with E-state index in [-0.39, 0.29) is 5.41 Å². The fourth-order valence-electron chi connectivity index (χ4n) is 1.52. The molecule has 0 saturated carbocycles. The zero-order chi connectivity index (χ0) is 12.0. The summed E-state index contributed by atoms with van der Waals surface area (Å²) >= 11 is 7.88. The first-order chi connectivity index (χ1) is 7.65. The number of hydrogen-bond acceptors (Lipinski definition) is 2. The van der Waals surface area contributed by atoms with Gasteiger partial charge in [0.25, 0.3) is 0 Å². The summed E-state index contributed by atoms with van der Waals surface area (Å²) in [4.78, 5) is 0. The topological polar surface area (TPSA) is 9.23 Å². The fraction of sp³-hybridized carbons (Fsp3) is 0.538. The summed E-state index contributed by atoms with van der Waals surface area (Å²) in [6, 6.07) is 7.96. The second kappa shape index (κ2) is 6.55. The molecule has 0 atom stereocenters. The Kier molecular flexibility index (Phi) is 5.70. The molecule has 0 bridgehead atoms. The Morgan fingerprint density at radius 3 is 2.50 bits per heavy atom. The number of ether oxygens (including phenoxy) is 1. The average Bonchev–Trinajstić information content (AvgIpc) is 2.32. The Hall–Kier alpha value is -0.150. The minimum Gasteiger partial charge on any atom is -0.493 e. The van der Waals surface area contributed by atoms with Crippen molar-refractivity contribution < 1.29 is 4.74 Å². The highest BCUT2D eigenvalue weighted by atomic mass is 79.9. The minimum atomic E-state index is 0.200. The lowest BCUT2D eigenvalue weighted by Crippen LogP contribution is -2.29. The summed E-state index contributed by atoms with van der Waals surface area (Å²) in [5.41, 5.74) is 0.200. The van der Waals surface area contributed by atoms with E-state index in [1.54, 1.807) is 0 Å². The second-order valence-electron chi connectivity index (χ2n) is 4.11. The molecule has 1 aromatic rings. The van der Waals surface area contributed by atoms with Crippen LogP contribution in [0.15, 0.2) is 28.7 Å². The molecule has 0 amide bonds. The first kappa shape index (κ1) is 13.9. The number of benzene rings is 1.